The fourth-order valence-corrected chi connectivity index (χ4v) is 2.57. The van der Waals surface area contributed by atoms with E-state index in [0.717, 1.165) is 0 Å². The third-order valence-electron chi connectivity index (χ3n) is 3.61. The van der Waals surface area contributed by atoms with Crippen LogP contribution in [0, 0.1) is 0 Å². The molecule has 1 aliphatic heterocycles. The molecule has 8 nitrogen and oxygen atoms in total. The largest absolute Gasteiger partial charge is 0.493 e. The molecule has 0 fully saturated rings. The zero-order chi connectivity index (χ0) is 17.9. The Bertz CT molecular complexity index is 683. The molecule has 0 radical (unpaired) electrons. The molecular weight excluding hydrogens is 318 g/mol. The van der Waals surface area contributed by atoms with E-state index in [2.05, 4.69) is 0 Å². The molecule has 1 aromatic rings. The summed E-state index contributed by atoms with van der Waals surface area (Å²) in [7, 11) is 4.22. The number of ketones is 1. The van der Waals surface area contributed by atoms with Crippen LogP contribution < -0.4 is 19.1 Å². The van der Waals surface area contributed by atoms with Crippen LogP contribution in [-0.4, -0.2) is 52.1 Å². The summed E-state index contributed by atoms with van der Waals surface area (Å²) in [6, 6.07) is 1.52. The number of benzene rings is 1. The highest BCUT2D eigenvalue weighted by atomic mass is 16.5. The van der Waals surface area contributed by atoms with Crippen LogP contribution in [0.15, 0.2) is 6.07 Å². The fourth-order valence-electron chi connectivity index (χ4n) is 2.57. The summed E-state index contributed by atoms with van der Waals surface area (Å²) in [5, 5.41) is 0. The zero-order valence-corrected chi connectivity index (χ0v) is 14.0. The first-order valence-electron chi connectivity index (χ1n) is 7.34. The van der Waals surface area contributed by atoms with Gasteiger partial charge in [0.05, 0.1) is 45.6 Å². The van der Waals surface area contributed by atoms with Gasteiger partial charge in [-0.2, -0.15) is 0 Å². The predicted octanol–water partition coefficient (Wildman–Crippen LogP) is 1.19. The molecule has 8 heteroatoms. The number of methoxy groups -OCH3 is 3. The summed E-state index contributed by atoms with van der Waals surface area (Å²) >= 11 is 0. The Balaban J connectivity index is 2.46. The lowest BCUT2D eigenvalue weighted by molar-refractivity contribution is -0.142. The molecule has 0 spiro atoms. The van der Waals surface area contributed by atoms with Crippen LogP contribution in [0.2, 0.25) is 0 Å². The number of Topliss-reactive ketones (excluding diaryl/α,β-unsaturated/α-hetero) is 1. The van der Waals surface area contributed by atoms with E-state index in [-0.39, 0.29) is 36.6 Å². The summed E-state index contributed by atoms with van der Waals surface area (Å²) < 4.78 is 20.6. The first-order chi connectivity index (χ1) is 11.5. The molecular formula is C16H19NO7. The Hall–Kier alpha value is -2.77. The summed E-state index contributed by atoms with van der Waals surface area (Å²) in [6.07, 6.45) is -0.0248. The lowest BCUT2D eigenvalue weighted by Gasteiger charge is -2.19. The number of nitrogens with zero attached hydrogens (tertiary/aromatic N) is 1. The summed E-state index contributed by atoms with van der Waals surface area (Å²) in [5.74, 6) is -1.22. The Morgan fingerprint density at radius 3 is 2.29 bits per heavy atom. The summed E-state index contributed by atoms with van der Waals surface area (Å²) in [6.45, 7) is 1.97. The van der Waals surface area contributed by atoms with Crippen LogP contribution in [0.25, 0.3) is 0 Å². The quantitative estimate of drug-likeness (QED) is 0.545. The molecule has 0 aromatic heterocycles. The van der Waals surface area contributed by atoms with Crippen LogP contribution >= 0.6 is 0 Å². The van der Waals surface area contributed by atoms with E-state index in [1.807, 2.05) is 0 Å². The molecule has 2 rings (SSSR count). The SMILES string of the molecule is CCOC(=O)CCN1C(=O)C(=O)c2c1cc(OC)c(OC)c2OC. The third-order valence-corrected chi connectivity index (χ3v) is 3.61. The average Bonchev–Trinajstić information content (AvgIpc) is 2.82. The van der Waals surface area contributed by atoms with Gasteiger partial charge in [-0.15, -0.1) is 0 Å². The maximum Gasteiger partial charge on any atom is 0.307 e. The van der Waals surface area contributed by atoms with E-state index < -0.39 is 17.7 Å². The highest BCUT2D eigenvalue weighted by Gasteiger charge is 2.41. The second-order valence-electron chi connectivity index (χ2n) is 4.88. The minimum absolute atomic E-state index is 0.0229. The van der Waals surface area contributed by atoms with Gasteiger partial charge in [-0.25, -0.2) is 0 Å². The van der Waals surface area contributed by atoms with E-state index >= 15 is 0 Å². The Morgan fingerprint density at radius 1 is 1.08 bits per heavy atom. The summed E-state index contributed by atoms with van der Waals surface area (Å²) in [4.78, 5) is 37.4. The van der Waals surface area contributed by atoms with E-state index in [1.54, 1.807) is 6.92 Å². The van der Waals surface area contributed by atoms with Crippen LogP contribution in [-0.2, 0) is 14.3 Å². The van der Waals surface area contributed by atoms with Crippen molar-refractivity contribution in [1.29, 1.82) is 0 Å². The summed E-state index contributed by atoms with van der Waals surface area (Å²) in [5.41, 5.74) is 0.424. The van der Waals surface area contributed by atoms with Crippen molar-refractivity contribution in [2.45, 2.75) is 13.3 Å². The number of rotatable bonds is 7. The molecule has 0 saturated heterocycles. The van der Waals surface area contributed by atoms with Gasteiger partial charge in [0.2, 0.25) is 5.75 Å². The predicted molar refractivity (Wildman–Crippen MR) is 84.0 cm³/mol. The Morgan fingerprint density at radius 2 is 1.75 bits per heavy atom. The second kappa shape index (κ2) is 7.20. The van der Waals surface area contributed by atoms with Gasteiger partial charge in [-0.05, 0) is 6.92 Å². The van der Waals surface area contributed by atoms with Gasteiger partial charge >= 0.3 is 5.97 Å². The molecule has 0 saturated carbocycles. The van der Waals surface area contributed by atoms with Crippen molar-refractivity contribution < 1.29 is 33.3 Å². The van der Waals surface area contributed by atoms with Crippen molar-refractivity contribution >= 4 is 23.3 Å². The zero-order valence-electron chi connectivity index (χ0n) is 14.0. The number of hydrogen-bond donors (Lipinski definition) is 0. The van der Waals surface area contributed by atoms with Crippen LogP contribution in [0.3, 0.4) is 0 Å². The fraction of sp³-hybridized carbons (Fsp3) is 0.438. The van der Waals surface area contributed by atoms with Gasteiger partial charge in [0.25, 0.3) is 11.7 Å². The monoisotopic (exact) mass is 337 g/mol. The van der Waals surface area contributed by atoms with Crippen LogP contribution in [0.4, 0.5) is 5.69 Å². The highest BCUT2D eigenvalue weighted by Crippen LogP contribution is 2.47. The molecule has 0 unspecified atom stereocenters. The minimum atomic E-state index is -0.733. The molecule has 0 atom stereocenters. The first-order valence-corrected chi connectivity index (χ1v) is 7.34. The van der Waals surface area contributed by atoms with Crippen molar-refractivity contribution in [2.24, 2.45) is 0 Å². The highest BCUT2D eigenvalue weighted by molar-refractivity contribution is 6.53. The van der Waals surface area contributed by atoms with E-state index in [1.165, 1.54) is 32.3 Å². The molecule has 24 heavy (non-hydrogen) atoms. The minimum Gasteiger partial charge on any atom is -0.493 e. The van der Waals surface area contributed by atoms with Crippen molar-refractivity contribution in [3.63, 3.8) is 0 Å². The standard InChI is InChI=1S/C16H19NO7/c1-5-24-11(18)6-7-17-9-8-10(21-2)14(22-3)15(23-4)12(9)13(19)16(17)20/h8H,5-7H2,1-4H3. The number of fused-ring (bicyclic) bond motifs is 1. The van der Waals surface area contributed by atoms with Crippen LogP contribution in [0.5, 0.6) is 17.2 Å². The van der Waals surface area contributed by atoms with Gasteiger partial charge in [-0.1, -0.05) is 0 Å². The smallest absolute Gasteiger partial charge is 0.307 e. The number of carbonyl (C=O) groups is 3. The van der Waals surface area contributed by atoms with E-state index in [0.29, 0.717) is 11.4 Å². The van der Waals surface area contributed by atoms with Gasteiger partial charge in [-0.3, -0.25) is 14.4 Å². The number of carbonyl (C=O) groups excluding carboxylic acids is 3. The average molecular weight is 337 g/mol. The van der Waals surface area contributed by atoms with Crippen LogP contribution in [0.1, 0.15) is 23.7 Å². The molecule has 0 aliphatic carbocycles. The normalized spacial score (nSPS) is 12.9. The van der Waals surface area contributed by atoms with Crippen molar-refractivity contribution in [3.8, 4) is 17.2 Å². The van der Waals surface area contributed by atoms with Crippen molar-refractivity contribution in [1.82, 2.24) is 0 Å². The molecule has 0 N–H and O–H groups in total. The second-order valence-corrected chi connectivity index (χ2v) is 4.88. The first kappa shape index (κ1) is 17.6. The molecule has 1 aromatic carbocycles. The number of esters is 1. The Kier molecular flexibility index (Phi) is 5.28. The molecule has 1 heterocycles. The van der Waals surface area contributed by atoms with Gasteiger partial charge in [0.15, 0.2) is 11.5 Å². The number of amides is 1. The molecule has 1 amide bonds. The molecule has 1 aliphatic rings. The van der Waals surface area contributed by atoms with Crippen molar-refractivity contribution in [3.05, 3.63) is 11.6 Å². The van der Waals surface area contributed by atoms with E-state index in [4.69, 9.17) is 18.9 Å². The lowest BCUT2D eigenvalue weighted by atomic mass is 10.1. The van der Waals surface area contributed by atoms with Gasteiger partial charge in [0.1, 0.15) is 0 Å². The third kappa shape index (κ3) is 2.86. The Labute approximate surface area is 139 Å². The molecule has 130 valence electrons. The van der Waals surface area contributed by atoms with E-state index in [9.17, 15) is 14.4 Å². The van der Waals surface area contributed by atoms with Crippen molar-refractivity contribution in [2.75, 3.05) is 39.4 Å². The maximum absolute atomic E-state index is 12.3. The molecule has 0 bridgehead atoms. The number of hydrogen-bond acceptors (Lipinski definition) is 7. The topological polar surface area (TPSA) is 91.4 Å². The number of ether oxygens (including phenoxy) is 4. The van der Waals surface area contributed by atoms with Gasteiger partial charge in [0, 0.05) is 12.6 Å². The maximum atomic E-state index is 12.3. The lowest BCUT2D eigenvalue weighted by Crippen LogP contribution is -2.32. The number of anilines is 1. The van der Waals surface area contributed by atoms with Gasteiger partial charge < -0.3 is 23.8 Å².